The fraction of sp³-hybridized carbons (Fsp3) is 0.429. The van der Waals surface area contributed by atoms with Gasteiger partial charge in [-0.15, -0.1) is 5.10 Å². The van der Waals surface area contributed by atoms with Crippen LogP contribution in [-0.2, 0) is 4.74 Å². The van der Waals surface area contributed by atoms with E-state index < -0.39 is 0 Å². The predicted octanol–water partition coefficient (Wildman–Crippen LogP) is 2.69. The van der Waals surface area contributed by atoms with Crippen molar-refractivity contribution in [3.63, 3.8) is 0 Å². The third-order valence-corrected chi connectivity index (χ3v) is 6.38. The van der Waals surface area contributed by atoms with Crippen LogP contribution in [0.1, 0.15) is 0 Å². The Morgan fingerprint density at radius 1 is 1.12 bits per heavy atom. The second-order valence-electron chi connectivity index (χ2n) is 7.48. The number of ether oxygens (including phenoxy) is 5. The first kappa shape index (κ1) is 19.6. The van der Waals surface area contributed by atoms with Crippen LogP contribution in [-0.4, -0.2) is 79.3 Å². The van der Waals surface area contributed by atoms with E-state index in [2.05, 4.69) is 15.0 Å². The monoisotopic (exact) mass is 458 g/mol. The highest BCUT2D eigenvalue weighted by atomic mass is 32.1. The van der Waals surface area contributed by atoms with E-state index in [1.807, 2.05) is 18.3 Å². The van der Waals surface area contributed by atoms with Gasteiger partial charge in [0, 0.05) is 25.7 Å². The van der Waals surface area contributed by atoms with Gasteiger partial charge in [-0.2, -0.15) is 0 Å². The minimum absolute atomic E-state index is 0.472. The summed E-state index contributed by atoms with van der Waals surface area (Å²) in [6, 6.07) is 3.81. The molecule has 2 aliphatic heterocycles. The molecule has 0 radical (unpaired) electrons. The maximum absolute atomic E-state index is 6.20. The van der Waals surface area contributed by atoms with Crippen molar-refractivity contribution in [1.29, 1.82) is 0 Å². The van der Waals surface area contributed by atoms with Crippen LogP contribution in [0.5, 0.6) is 22.4 Å². The Hall–Kier alpha value is -3.02. The standard InChI is InChI=1S/C21H22N4O6S/c1-26-21-23-25-12-14(22-20(25)32-21)16-10-13-15(28-7-4-24-2-5-27-6-3-24)11-17-19(18(13)31-16)30-9-8-29-17/h10-12H,2-9H2,1H3. The number of rotatable bonds is 6. The van der Waals surface area contributed by atoms with E-state index in [1.165, 1.54) is 11.3 Å². The average Bonchev–Trinajstić information content (AvgIpc) is 3.53. The first-order chi connectivity index (χ1) is 15.8. The second kappa shape index (κ2) is 8.15. The van der Waals surface area contributed by atoms with Crippen LogP contribution >= 0.6 is 11.3 Å². The Morgan fingerprint density at radius 3 is 2.84 bits per heavy atom. The van der Waals surface area contributed by atoms with Crippen molar-refractivity contribution >= 4 is 27.3 Å². The highest BCUT2D eigenvalue weighted by Crippen LogP contribution is 2.46. The van der Waals surface area contributed by atoms with E-state index >= 15 is 0 Å². The van der Waals surface area contributed by atoms with Crippen molar-refractivity contribution in [3.8, 4) is 33.9 Å². The lowest BCUT2D eigenvalue weighted by Crippen LogP contribution is -2.38. The fourth-order valence-corrected chi connectivity index (χ4v) is 4.59. The summed E-state index contributed by atoms with van der Waals surface area (Å²) in [6.45, 7) is 5.72. The lowest BCUT2D eigenvalue weighted by molar-refractivity contribution is 0.0323. The number of methoxy groups -OCH3 is 1. The molecule has 0 aliphatic carbocycles. The number of nitrogens with zero attached hydrogens (tertiary/aromatic N) is 4. The number of furan rings is 1. The Bertz CT molecular complexity index is 1230. The first-order valence-electron chi connectivity index (χ1n) is 10.5. The second-order valence-corrected chi connectivity index (χ2v) is 8.40. The first-order valence-corrected chi connectivity index (χ1v) is 11.3. The SMILES string of the molecule is COc1nn2cc(-c3cc4c(OCCN5CCOCC5)cc5c(c4o3)OCCO5)nc2s1. The molecule has 32 heavy (non-hydrogen) atoms. The Morgan fingerprint density at radius 2 is 2.00 bits per heavy atom. The van der Waals surface area contributed by atoms with Crippen LogP contribution < -0.4 is 18.9 Å². The lowest BCUT2D eigenvalue weighted by Gasteiger charge is -2.26. The summed E-state index contributed by atoms with van der Waals surface area (Å²) in [4.78, 5) is 7.68. The van der Waals surface area contributed by atoms with Crippen LogP contribution in [0.25, 0.3) is 27.4 Å². The third-order valence-electron chi connectivity index (χ3n) is 5.50. The number of hydrogen-bond donors (Lipinski definition) is 0. The van der Waals surface area contributed by atoms with E-state index in [1.54, 1.807) is 11.6 Å². The van der Waals surface area contributed by atoms with Crippen LogP contribution in [0, 0.1) is 0 Å². The van der Waals surface area contributed by atoms with Gasteiger partial charge in [0.25, 0.3) is 5.19 Å². The summed E-state index contributed by atoms with van der Waals surface area (Å²) in [5.41, 5.74) is 1.27. The number of morpholine rings is 1. The van der Waals surface area contributed by atoms with Crippen LogP contribution in [0.3, 0.4) is 0 Å². The molecule has 0 amide bonds. The molecule has 11 heteroatoms. The number of aromatic nitrogens is 3. The molecule has 6 rings (SSSR count). The molecule has 0 saturated carbocycles. The maximum atomic E-state index is 6.20. The maximum Gasteiger partial charge on any atom is 0.294 e. The van der Waals surface area contributed by atoms with E-state index in [9.17, 15) is 0 Å². The third kappa shape index (κ3) is 3.51. The number of hydrogen-bond acceptors (Lipinski definition) is 10. The zero-order valence-corrected chi connectivity index (χ0v) is 18.4. The summed E-state index contributed by atoms with van der Waals surface area (Å²) in [5.74, 6) is 2.53. The largest absolute Gasteiger partial charge is 0.491 e. The van der Waals surface area contributed by atoms with E-state index in [-0.39, 0.29) is 0 Å². The minimum atomic E-state index is 0.472. The van der Waals surface area contributed by atoms with E-state index in [4.69, 9.17) is 28.1 Å². The van der Waals surface area contributed by atoms with Gasteiger partial charge < -0.3 is 28.1 Å². The summed E-state index contributed by atoms with van der Waals surface area (Å²) in [5, 5.41) is 5.71. The van der Waals surface area contributed by atoms with Crippen molar-refractivity contribution in [2.75, 3.05) is 59.8 Å². The summed E-state index contributed by atoms with van der Waals surface area (Å²) in [7, 11) is 1.59. The van der Waals surface area contributed by atoms with Gasteiger partial charge in [-0.3, -0.25) is 4.90 Å². The molecule has 3 aromatic heterocycles. The Labute approximate surface area is 187 Å². The molecule has 0 unspecified atom stereocenters. The lowest BCUT2D eigenvalue weighted by atomic mass is 10.2. The Balaban J connectivity index is 1.33. The number of benzene rings is 1. The fourth-order valence-electron chi connectivity index (χ4n) is 3.89. The van der Waals surface area contributed by atoms with Gasteiger partial charge in [-0.05, 0) is 17.4 Å². The summed E-state index contributed by atoms with van der Waals surface area (Å²) >= 11 is 1.36. The van der Waals surface area contributed by atoms with Gasteiger partial charge in [0.1, 0.15) is 31.3 Å². The van der Waals surface area contributed by atoms with Gasteiger partial charge in [-0.25, -0.2) is 9.50 Å². The molecular weight excluding hydrogens is 436 g/mol. The molecule has 0 atom stereocenters. The van der Waals surface area contributed by atoms with Crippen molar-refractivity contribution in [2.45, 2.75) is 0 Å². The smallest absolute Gasteiger partial charge is 0.294 e. The molecule has 0 N–H and O–H groups in total. The van der Waals surface area contributed by atoms with Crippen LogP contribution in [0.2, 0.25) is 0 Å². The highest BCUT2D eigenvalue weighted by Gasteiger charge is 2.24. The zero-order valence-electron chi connectivity index (χ0n) is 17.5. The normalized spacial score (nSPS) is 16.7. The van der Waals surface area contributed by atoms with Gasteiger partial charge in [0.2, 0.25) is 10.7 Å². The van der Waals surface area contributed by atoms with E-state index in [0.717, 1.165) is 43.2 Å². The number of fused-ring (bicyclic) bond motifs is 4. The molecule has 0 spiro atoms. The van der Waals surface area contributed by atoms with Gasteiger partial charge in [-0.1, -0.05) is 0 Å². The van der Waals surface area contributed by atoms with Gasteiger partial charge >= 0.3 is 0 Å². The van der Waals surface area contributed by atoms with Crippen molar-refractivity contribution in [2.24, 2.45) is 0 Å². The molecule has 2 aliphatic rings. The van der Waals surface area contributed by atoms with Crippen molar-refractivity contribution in [3.05, 3.63) is 18.3 Å². The molecule has 1 fully saturated rings. The van der Waals surface area contributed by atoms with Crippen molar-refractivity contribution in [1.82, 2.24) is 19.5 Å². The average molecular weight is 458 g/mol. The molecule has 5 heterocycles. The van der Waals surface area contributed by atoms with Crippen LogP contribution in [0.4, 0.5) is 0 Å². The summed E-state index contributed by atoms with van der Waals surface area (Å²) < 4.78 is 36.3. The topological polar surface area (TPSA) is 92.7 Å². The molecular formula is C21H22N4O6S. The van der Waals surface area contributed by atoms with Crippen LogP contribution in [0.15, 0.2) is 22.7 Å². The highest BCUT2D eigenvalue weighted by molar-refractivity contribution is 7.18. The Kier molecular flexibility index (Phi) is 5.01. The molecule has 168 valence electrons. The predicted molar refractivity (Wildman–Crippen MR) is 116 cm³/mol. The quantitative estimate of drug-likeness (QED) is 0.432. The molecule has 1 saturated heterocycles. The zero-order chi connectivity index (χ0) is 21.5. The number of imidazole rings is 1. The van der Waals surface area contributed by atoms with Gasteiger partial charge in [0.15, 0.2) is 17.1 Å². The molecule has 10 nitrogen and oxygen atoms in total. The summed E-state index contributed by atoms with van der Waals surface area (Å²) in [6.07, 6.45) is 1.81. The minimum Gasteiger partial charge on any atom is -0.491 e. The molecule has 4 aromatic rings. The molecule has 1 aromatic carbocycles. The van der Waals surface area contributed by atoms with E-state index in [0.29, 0.717) is 59.3 Å². The van der Waals surface area contributed by atoms with Gasteiger partial charge in [0.05, 0.1) is 31.9 Å². The van der Waals surface area contributed by atoms with Crippen molar-refractivity contribution < 1.29 is 28.1 Å². The molecule has 0 bridgehead atoms.